The molecule has 134 valence electrons. The van der Waals surface area contributed by atoms with Crippen LogP contribution in [0.15, 0.2) is 18.2 Å². The minimum absolute atomic E-state index is 0.104. The SMILES string of the molecule is C#CC1(O)CCC2C3CC(O)c4cc(OC)ccc4C3CC(O)C21C. The largest absolute Gasteiger partial charge is 0.497 e. The molecule has 4 rings (SSSR count). The topological polar surface area (TPSA) is 69.9 Å². The van der Waals surface area contributed by atoms with E-state index in [4.69, 9.17) is 11.2 Å². The van der Waals surface area contributed by atoms with Crippen molar-refractivity contribution in [3.05, 3.63) is 29.3 Å². The lowest BCUT2D eigenvalue weighted by molar-refractivity contribution is -0.146. The molecule has 0 saturated heterocycles. The zero-order valence-electron chi connectivity index (χ0n) is 14.8. The molecule has 3 N–H and O–H groups in total. The van der Waals surface area contributed by atoms with Gasteiger partial charge in [-0.2, -0.15) is 0 Å². The summed E-state index contributed by atoms with van der Waals surface area (Å²) in [7, 11) is 1.62. The number of aliphatic hydroxyl groups is 3. The van der Waals surface area contributed by atoms with Crippen LogP contribution in [0.1, 0.15) is 55.8 Å². The Labute approximate surface area is 148 Å². The molecular weight excluding hydrogens is 316 g/mol. The van der Waals surface area contributed by atoms with Crippen molar-refractivity contribution in [1.29, 1.82) is 0 Å². The maximum atomic E-state index is 11.0. The second kappa shape index (κ2) is 5.48. The van der Waals surface area contributed by atoms with Crippen LogP contribution in [0.2, 0.25) is 0 Å². The summed E-state index contributed by atoms with van der Waals surface area (Å²) in [6.45, 7) is 1.93. The number of aliphatic hydroxyl groups excluding tert-OH is 2. The van der Waals surface area contributed by atoms with E-state index in [1.54, 1.807) is 7.11 Å². The second-order valence-corrected chi connectivity index (χ2v) is 8.20. The average Bonchev–Trinajstić information content (AvgIpc) is 2.90. The Morgan fingerprint density at radius 3 is 2.68 bits per heavy atom. The quantitative estimate of drug-likeness (QED) is 0.686. The first-order valence-electron chi connectivity index (χ1n) is 9.10. The first-order chi connectivity index (χ1) is 11.9. The zero-order valence-corrected chi connectivity index (χ0v) is 14.8. The molecule has 0 amide bonds. The molecule has 4 heteroatoms. The molecule has 25 heavy (non-hydrogen) atoms. The summed E-state index contributed by atoms with van der Waals surface area (Å²) in [5.41, 5.74) is 0.0168. The Morgan fingerprint density at radius 2 is 2.00 bits per heavy atom. The Balaban J connectivity index is 1.78. The standard InChI is InChI=1S/C21H26O4/c1-4-21(24)8-7-17-15-10-18(22)16-9-12(25-3)5-6-13(16)14(15)11-19(23)20(17,21)2/h1,5-6,9,14-15,17-19,22-24H,7-8,10-11H2,2-3H3. The predicted octanol–water partition coefficient (Wildman–Crippen LogP) is 2.38. The molecule has 0 spiro atoms. The van der Waals surface area contributed by atoms with Gasteiger partial charge in [-0.05, 0) is 66.7 Å². The van der Waals surface area contributed by atoms with Gasteiger partial charge in [0.05, 0.1) is 19.3 Å². The lowest BCUT2D eigenvalue weighted by Gasteiger charge is -2.55. The molecule has 0 aromatic heterocycles. The normalized spacial score (nSPS) is 45.0. The van der Waals surface area contributed by atoms with Gasteiger partial charge in [0.15, 0.2) is 0 Å². The first-order valence-corrected chi connectivity index (χ1v) is 9.10. The maximum Gasteiger partial charge on any atom is 0.133 e. The molecule has 0 aliphatic heterocycles. The third kappa shape index (κ3) is 2.07. The lowest BCUT2D eigenvalue weighted by atomic mass is 9.52. The van der Waals surface area contributed by atoms with Gasteiger partial charge in [0, 0.05) is 5.41 Å². The minimum atomic E-state index is -1.27. The van der Waals surface area contributed by atoms with Crippen LogP contribution in [0.3, 0.4) is 0 Å². The minimum Gasteiger partial charge on any atom is -0.497 e. The molecule has 2 fully saturated rings. The summed E-state index contributed by atoms with van der Waals surface area (Å²) in [4.78, 5) is 0. The van der Waals surface area contributed by atoms with E-state index >= 15 is 0 Å². The number of fused-ring (bicyclic) bond motifs is 5. The Bertz CT molecular complexity index is 738. The summed E-state index contributed by atoms with van der Waals surface area (Å²) < 4.78 is 5.30. The highest BCUT2D eigenvalue weighted by Gasteiger charge is 2.65. The Kier molecular flexibility index (Phi) is 3.70. The first kappa shape index (κ1) is 16.9. The van der Waals surface area contributed by atoms with Crippen LogP contribution in [-0.4, -0.2) is 34.1 Å². The summed E-state index contributed by atoms with van der Waals surface area (Å²) in [6.07, 6.45) is 6.94. The molecule has 0 radical (unpaired) electrons. The van der Waals surface area contributed by atoms with Gasteiger partial charge in [-0.25, -0.2) is 0 Å². The van der Waals surface area contributed by atoms with Crippen LogP contribution < -0.4 is 4.74 Å². The van der Waals surface area contributed by atoms with E-state index in [-0.39, 0.29) is 17.8 Å². The van der Waals surface area contributed by atoms with Gasteiger partial charge >= 0.3 is 0 Å². The van der Waals surface area contributed by atoms with E-state index in [1.807, 2.05) is 25.1 Å². The number of methoxy groups -OCH3 is 1. The highest BCUT2D eigenvalue weighted by atomic mass is 16.5. The van der Waals surface area contributed by atoms with Gasteiger partial charge < -0.3 is 20.1 Å². The van der Waals surface area contributed by atoms with E-state index < -0.39 is 23.2 Å². The zero-order chi connectivity index (χ0) is 18.0. The highest BCUT2D eigenvalue weighted by molar-refractivity contribution is 5.43. The van der Waals surface area contributed by atoms with Crippen LogP contribution in [0.4, 0.5) is 0 Å². The van der Waals surface area contributed by atoms with Crippen molar-refractivity contribution in [3.63, 3.8) is 0 Å². The second-order valence-electron chi connectivity index (χ2n) is 8.20. The number of benzene rings is 1. The van der Waals surface area contributed by atoms with Crippen molar-refractivity contribution in [2.45, 2.75) is 56.3 Å². The van der Waals surface area contributed by atoms with E-state index in [2.05, 4.69) is 5.92 Å². The van der Waals surface area contributed by atoms with Gasteiger partial charge in [0.2, 0.25) is 0 Å². The predicted molar refractivity (Wildman–Crippen MR) is 94.0 cm³/mol. The van der Waals surface area contributed by atoms with Gasteiger partial charge in [0.1, 0.15) is 11.4 Å². The smallest absolute Gasteiger partial charge is 0.133 e. The van der Waals surface area contributed by atoms with Crippen LogP contribution in [0, 0.1) is 29.6 Å². The van der Waals surface area contributed by atoms with Crippen LogP contribution >= 0.6 is 0 Å². The third-order valence-corrected chi connectivity index (χ3v) is 7.47. The highest BCUT2D eigenvalue weighted by Crippen LogP contribution is 2.65. The fraction of sp³-hybridized carbons (Fsp3) is 0.619. The van der Waals surface area contributed by atoms with Crippen LogP contribution in [-0.2, 0) is 0 Å². The molecule has 0 heterocycles. The fourth-order valence-corrected chi connectivity index (χ4v) is 5.97. The van der Waals surface area contributed by atoms with Crippen molar-refractivity contribution in [1.82, 2.24) is 0 Å². The Morgan fingerprint density at radius 1 is 1.24 bits per heavy atom. The number of ether oxygens (including phenoxy) is 1. The van der Waals surface area contributed by atoms with E-state index in [1.165, 1.54) is 0 Å². The lowest BCUT2D eigenvalue weighted by Crippen LogP contribution is -2.57. The summed E-state index contributed by atoms with van der Waals surface area (Å²) in [6, 6.07) is 5.84. The van der Waals surface area contributed by atoms with E-state index in [9.17, 15) is 15.3 Å². The van der Waals surface area contributed by atoms with Gasteiger partial charge in [0.25, 0.3) is 0 Å². The Hall–Kier alpha value is -1.54. The molecule has 2 saturated carbocycles. The molecule has 1 aromatic rings. The van der Waals surface area contributed by atoms with Crippen LogP contribution in [0.5, 0.6) is 5.75 Å². The van der Waals surface area contributed by atoms with Crippen LogP contribution in [0.25, 0.3) is 0 Å². The third-order valence-electron chi connectivity index (χ3n) is 7.47. The van der Waals surface area contributed by atoms with E-state index in [0.29, 0.717) is 19.3 Å². The van der Waals surface area contributed by atoms with Crippen molar-refractivity contribution in [3.8, 4) is 18.1 Å². The molecule has 1 aromatic carbocycles. The van der Waals surface area contributed by atoms with Crippen molar-refractivity contribution in [2.24, 2.45) is 17.3 Å². The summed E-state index contributed by atoms with van der Waals surface area (Å²) in [5, 5.41) is 32.7. The molecule has 7 atom stereocenters. The number of hydrogen-bond acceptors (Lipinski definition) is 4. The van der Waals surface area contributed by atoms with Crippen molar-refractivity contribution >= 4 is 0 Å². The van der Waals surface area contributed by atoms with Gasteiger partial charge in [-0.3, -0.25) is 0 Å². The van der Waals surface area contributed by atoms with E-state index in [0.717, 1.165) is 23.3 Å². The van der Waals surface area contributed by atoms with Gasteiger partial charge in [-0.15, -0.1) is 6.42 Å². The number of terminal acetylenes is 1. The van der Waals surface area contributed by atoms with Crippen molar-refractivity contribution < 1.29 is 20.1 Å². The monoisotopic (exact) mass is 342 g/mol. The summed E-state index contributed by atoms with van der Waals surface area (Å²) >= 11 is 0. The summed E-state index contributed by atoms with van der Waals surface area (Å²) in [5.74, 6) is 3.80. The number of hydrogen-bond donors (Lipinski definition) is 3. The van der Waals surface area contributed by atoms with Crippen molar-refractivity contribution in [2.75, 3.05) is 7.11 Å². The average molecular weight is 342 g/mol. The number of rotatable bonds is 1. The van der Waals surface area contributed by atoms with Gasteiger partial charge in [-0.1, -0.05) is 18.9 Å². The molecule has 7 unspecified atom stereocenters. The molecule has 3 aliphatic carbocycles. The maximum absolute atomic E-state index is 11.0. The fourth-order valence-electron chi connectivity index (χ4n) is 5.97. The molecule has 0 bridgehead atoms. The molecule has 3 aliphatic rings. The molecular formula is C21H26O4. The molecule has 4 nitrogen and oxygen atoms in total.